The molecule has 26 heavy (non-hydrogen) atoms. The molecule has 4 nitrogen and oxygen atoms in total. The first kappa shape index (κ1) is 18.0. The Hall–Kier alpha value is -1.39. The molecule has 3 aliphatic rings. The van der Waals surface area contributed by atoms with Gasteiger partial charge < -0.3 is 14.9 Å². The summed E-state index contributed by atoms with van der Waals surface area (Å²) in [5.41, 5.74) is 0.875. The largest absolute Gasteiger partial charge is 0.396 e. The van der Waals surface area contributed by atoms with Crippen molar-refractivity contribution in [2.75, 3.05) is 26.7 Å². The molecule has 142 valence electrons. The van der Waals surface area contributed by atoms with Crippen LogP contribution in [0.5, 0.6) is 0 Å². The second-order valence-corrected chi connectivity index (χ2v) is 9.21. The lowest BCUT2D eigenvalue weighted by atomic mass is 9.70. The van der Waals surface area contributed by atoms with Crippen LogP contribution in [0.1, 0.15) is 44.6 Å². The molecule has 4 heteroatoms. The number of carbonyl (C=O) groups excluding carboxylic acids is 1. The number of hydrogen-bond donors (Lipinski definition) is 1. The highest BCUT2D eigenvalue weighted by atomic mass is 16.3. The van der Waals surface area contributed by atoms with Crippen LogP contribution in [0.25, 0.3) is 0 Å². The number of fused-ring (bicyclic) bond motifs is 2. The van der Waals surface area contributed by atoms with E-state index >= 15 is 0 Å². The molecule has 0 spiro atoms. The molecule has 3 heterocycles. The molecule has 0 aliphatic carbocycles. The fourth-order valence-corrected chi connectivity index (χ4v) is 5.65. The first-order chi connectivity index (χ1) is 12.5. The van der Waals surface area contributed by atoms with E-state index in [1.165, 1.54) is 5.56 Å². The van der Waals surface area contributed by atoms with E-state index in [1.807, 2.05) is 6.07 Å². The normalized spacial score (nSPS) is 33.6. The zero-order valence-corrected chi connectivity index (χ0v) is 16.2. The first-order valence-corrected chi connectivity index (χ1v) is 10.1. The van der Waals surface area contributed by atoms with Gasteiger partial charge in [0, 0.05) is 22.9 Å². The molecule has 0 saturated carbocycles. The van der Waals surface area contributed by atoms with Gasteiger partial charge in [-0.25, -0.2) is 0 Å². The summed E-state index contributed by atoms with van der Waals surface area (Å²) < 4.78 is 0. The highest BCUT2D eigenvalue weighted by molar-refractivity contribution is 5.84. The van der Waals surface area contributed by atoms with Crippen LogP contribution in [0.3, 0.4) is 0 Å². The van der Waals surface area contributed by atoms with Gasteiger partial charge >= 0.3 is 0 Å². The van der Waals surface area contributed by atoms with Crippen LogP contribution in [-0.4, -0.2) is 59.6 Å². The highest BCUT2D eigenvalue weighted by Crippen LogP contribution is 2.53. The van der Waals surface area contributed by atoms with Crippen molar-refractivity contribution in [3.63, 3.8) is 0 Å². The maximum Gasteiger partial charge on any atom is 0.229 e. The quantitative estimate of drug-likeness (QED) is 0.902. The Labute approximate surface area is 157 Å². The zero-order chi connectivity index (χ0) is 18.4. The predicted octanol–water partition coefficient (Wildman–Crippen LogP) is 2.70. The van der Waals surface area contributed by atoms with E-state index < -0.39 is 0 Å². The Balaban J connectivity index is 1.56. The second kappa shape index (κ2) is 6.65. The Morgan fingerprint density at radius 1 is 1.19 bits per heavy atom. The van der Waals surface area contributed by atoms with Crippen molar-refractivity contribution in [3.8, 4) is 0 Å². The number of piperidine rings is 1. The Kier molecular flexibility index (Phi) is 4.60. The smallest absolute Gasteiger partial charge is 0.229 e. The Bertz CT molecular complexity index is 653. The number of benzene rings is 1. The third kappa shape index (κ3) is 2.87. The number of carbonyl (C=O) groups is 1. The lowest BCUT2D eigenvalue weighted by Crippen LogP contribution is -2.51. The van der Waals surface area contributed by atoms with E-state index in [0.717, 1.165) is 51.6 Å². The Morgan fingerprint density at radius 2 is 1.88 bits per heavy atom. The molecule has 3 atom stereocenters. The average Bonchev–Trinajstić information content (AvgIpc) is 3.20. The van der Waals surface area contributed by atoms with Crippen LogP contribution in [-0.2, 0) is 11.2 Å². The molecular formula is C22H32N2O2. The minimum Gasteiger partial charge on any atom is -0.396 e. The molecule has 0 radical (unpaired) electrons. The van der Waals surface area contributed by atoms with Crippen LogP contribution < -0.4 is 0 Å². The molecule has 3 saturated heterocycles. The van der Waals surface area contributed by atoms with Crippen molar-refractivity contribution >= 4 is 5.91 Å². The van der Waals surface area contributed by atoms with Gasteiger partial charge in [-0.05, 0) is 64.2 Å². The number of hydrogen-bond acceptors (Lipinski definition) is 3. The minimum absolute atomic E-state index is 0.165. The van der Waals surface area contributed by atoms with Gasteiger partial charge in [-0.15, -0.1) is 0 Å². The van der Waals surface area contributed by atoms with Gasteiger partial charge in [-0.2, -0.15) is 0 Å². The van der Waals surface area contributed by atoms with Gasteiger partial charge in [0.05, 0.1) is 6.61 Å². The summed E-state index contributed by atoms with van der Waals surface area (Å²) in [6, 6.07) is 11.0. The van der Waals surface area contributed by atoms with Crippen LogP contribution in [0.15, 0.2) is 30.3 Å². The summed E-state index contributed by atoms with van der Waals surface area (Å²) in [7, 11) is 2.14. The predicted molar refractivity (Wildman–Crippen MR) is 103 cm³/mol. The Morgan fingerprint density at radius 3 is 2.54 bits per heavy atom. The fourth-order valence-electron chi connectivity index (χ4n) is 5.65. The van der Waals surface area contributed by atoms with Crippen LogP contribution >= 0.6 is 0 Å². The van der Waals surface area contributed by atoms with E-state index in [1.54, 1.807) is 0 Å². The zero-order valence-electron chi connectivity index (χ0n) is 16.2. The monoisotopic (exact) mass is 356 g/mol. The molecule has 3 aliphatic heterocycles. The van der Waals surface area contributed by atoms with Crippen molar-refractivity contribution in [2.24, 2.45) is 10.8 Å². The number of rotatable bonds is 4. The summed E-state index contributed by atoms with van der Waals surface area (Å²) in [5.74, 6) is 0.349. The van der Waals surface area contributed by atoms with Gasteiger partial charge in [-0.1, -0.05) is 37.3 Å². The molecular weight excluding hydrogens is 324 g/mol. The molecule has 1 amide bonds. The highest BCUT2D eigenvalue weighted by Gasteiger charge is 2.59. The van der Waals surface area contributed by atoms with Gasteiger partial charge in [-0.3, -0.25) is 4.79 Å². The van der Waals surface area contributed by atoms with Crippen molar-refractivity contribution < 1.29 is 9.90 Å². The van der Waals surface area contributed by atoms with Crippen molar-refractivity contribution in [3.05, 3.63) is 35.9 Å². The van der Waals surface area contributed by atoms with E-state index in [2.05, 4.69) is 48.0 Å². The number of amides is 1. The van der Waals surface area contributed by atoms with Crippen LogP contribution in [0.4, 0.5) is 0 Å². The lowest BCUT2D eigenvalue weighted by molar-refractivity contribution is -0.146. The van der Waals surface area contributed by atoms with E-state index in [4.69, 9.17) is 0 Å². The second-order valence-electron chi connectivity index (χ2n) is 9.21. The molecule has 1 N–H and O–H groups in total. The third-order valence-electron chi connectivity index (χ3n) is 7.41. The van der Waals surface area contributed by atoms with Gasteiger partial charge in [0.25, 0.3) is 0 Å². The lowest BCUT2D eigenvalue weighted by Gasteiger charge is -2.42. The summed E-state index contributed by atoms with van der Waals surface area (Å²) in [5, 5.41) is 10.4. The number of likely N-dealkylation sites (tertiary alicyclic amines) is 1. The fraction of sp³-hybridized carbons (Fsp3) is 0.682. The summed E-state index contributed by atoms with van der Waals surface area (Å²) in [6.07, 6.45) is 5.86. The number of aliphatic hydroxyl groups is 1. The summed E-state index contributed by atoms with van der Waals surface area (Å²) in [6.45, 7) is 4.34. The van der Waals surface area contributed by atoms with E-state index in [-0.39, 0.29) is 23.5 Å². The molecule has 1 aromatic rings. The third-order valence-corrected chi connectivity index (χ3v) is 7.41. The van der Waals surface area contributed by atoms with Gasteiger partial charge in [0.1, 0.15) is 0 Å². The van der Waals surface area contributed by atoms with E-state index in [9.17, 15) is 9.90 Å². The minimum atomic E-state index is -0.231. The summed E-state index contributed by atoms with van der Waals surface area (Å²) >= 11 is 0. The van der Waals surface area contributed by atoms with Crippen molar-refractivity contribution in [1.29, 1.82) is 0 Å². The maximum absolute atomic E-state index is 13.6. The molecule has 1 aromatic carbocycles. The van der Waals surface area contributed by atoms with Crippen LogP contribution in [0, 0.1) is 10.8 Å². The maximum atomic E-state index is 13.6. The topological polar surface area (TPSA) is 43.8 Å². The molecule has 0 aromatic heterocycles. The number of aliphatic hydroxyl groups excluding tert-OH is 1. The van der Waals surface area contributed by atoms with Crippen molar-refractivity contribution in [2.45, 2.75) is 57.5 Å². The molecule has 4 rings (SSSR count). The average molecular weight is 357 g/mol. The molecule has 3 fully saturated rings. The van der Waals surface area contributed by atoms with E-state index in [0.29, 0.717) is 11.9 Å². The van der Waals surface area contributed by atoms with Crippen LogP contribution in [0.2, 0.25) is 0 Å². The van der Waals surface area contributed by atoms with Gasteiger partial charge in [0.2, 0.25) is 5.91 Å². The standard InChI is InChI=1S/C22H32N2O2/c1-21(10-12-23(2)13-11-21)20(26)24-18-8-9-19(24)22(15-18,16-25)14-17-6-4-3-5-7-17/h3-7,18-19,25H,8-16H2,1-2H3/t18-,19+,22-/m0/s1. The SMILES string of the molecule is CN1CCC(C)(C(=O)N2[C@H]3CC[C@@H]2[C@@](CO)(Cc2ccccc2)C3)CC1. The first-order valence-electron chi connectivity index (χ1n) is 10.1. The van der Waals surface area contributed by atoms with Gasteiger partial charge in [0.15, 0.2) is 0 Å². The number of nitrogens with zero attached hydrogens (tertiary/aromatic N) is 2. The summed E-state index contributed by atoms with van der Waals surface area (Å²) in [4.78, 5) is 18.1. The molecule has 0 unspecified atom stereocenters. The van der Waals surface area contributed by atoms with Crippen molar-refractivity contribution in [1.82, 2.24) is 9.80 Å². The molecule has 2 bridgehead atoms.